The Labute approximate surface area is 126 Å². The van der Waals surface area contributed by atoms with Gasteiger partial charge in [-0.15, -0.1) is 5.73 Å². The van der Waals surface area contributed by atoms with Gasteiger partial charge in [-0.3, -0.25) is 4.79 Å². The standard InChI is InChI=1S/C18H23NO2/c1-2-3-12-19-13-11-17(18(19)20)10-7-14-21-15-16-8-5-4-6-9-16/h4-9H,2-3,11-15H2,1H3. The SMILES string of the molecule is CCCCN1CCC(=C=CCOCc2ccccc2)C1=O. The zero-order chi connectivity index (χ0) is 14.9. The van der Waals surface area contributed by atoms with Crippen LogP contribution >= 0.6 is 0 Å². The molecule has 112 valence electrons. The van der Waals surface area contributed by atoms with Crippen molar-refractivity contribution in [1.82, 2.24) is 4.90 Å². The van der Waals surface area contributed by atoms with Crippen molar-refractivity contribution in [3.05, 3.63) is 53.3 Å². The fourth-order valence-electron chi connectivity index (χ4n) is 2.32. The van der Waals surface area contributed by atoms with Crippen LogP contribution < -0.4 is 0 Å². The number of likely N-dealkylation sites (tertiary alicyclic amines) is 1. The summed E-state index contributed by atoms with van der Waals surface area (Å²) in [5.41, 5.74) is 5.04. The first-order valence-corrected chi connectivity index (χ1v) is 7.66. The van der Waals surface area contributed by atoms with Gasteiger partial charge in [-0.2, -0.15) is 0 Å². The highest BCUT2D eigenvalue weighted by molar-refractivity contribution is 5.95. The van der Waals surface area contributed by atoms with Gasteiger partial charge >= 0.3 is 0 Å². The molecule has 3 heteroatoms. The molecule has 0 radical (unpaired) electrons. The van der Waals surface area contributed by atoms with Crippen molar-refractivity contribution in [3.8, 4) is 0 Å². The van der Waals surface area contributed by atoms with E-state index in [0.717, 1.165) is 43.5 Å². The summed E-state index contributed by atoms with van der Waals surface area (Å²) < 4.78 is 5.55. The van der Waals surface area contributed by atoms with Crippen LogP contribution in [0.3, 0.4) is 0 Å². The molecule has 0 N–H and O–H groups in total. The molecule has 1 heterocycles. The minimum Gasteiger partial charge on any atom is -0.372 e. The molecule has 0 saturated carbocycles. The topological polar surface area (TPSA) is 29.5 Å². The average molecular weight is 285 g/mol. The lowest BCUT2D eigenvalue weighted by Gasteiger charge is -2.13. The van der Waals surface area contributed by atoms with Crippen LogP contribution in [0.2, 0.25) is 0 Å². The molecule has 1 fully saturated rings. The molecule has 1 aromatic carbocycles. The van der Waals surface area contributed by atoms with E-state index in [1.165, 1.54) is 0 Å². The first-order valence-electron chi connectivity index (χ1n) is 7.66. The minimum atomic E-state index is 0.141. The molecule has 21 heavy (non-hydrogen) atoms. The monoisotopic (exact) mass is 285 g/mol. The Kier molecular flexibility index (Phi) is 6.26. The van der Waals surface area contributed by atoms with Crippen LogP contribution in [-0.2, 0) is 16.1 Å². The number of rotatable bonds is 7. The van der Waals surface area contributed by atoms with Crippen LogP contribution in [0.1, 0.15) is 31.7 Å². The molecular formula is C18H23NO2. The maximum atomic E-state index is 12.1. The predicted octanol–water partition coefficient (Wildman–Crippen LogP) is 3.32. The smallest absolute Gasteiger partial charge is 0.257 e. The Bertz CT molecular complexity index is 515. The van der Waals surface area contributed by atoms with Gasteiger partial charge in [0, 0.05) is 19.5 Å². The lowest BCUT2D eigenvalue weighted by atomic mass is 10.2. The van der Waals surface area contributed by atoms with Crippen LogP contribution in [-0.4, -0.2) is 30.5 Å². The molecule has 0 atom stereocenters. The summed E-state index contributed by atoms with van der Waals surface area (Å²) in [7, 11) is 0. The van der Waals surface area contributed by atoms with Gasteiger partial charge in [-0.1, -0.05) is 43.7 Å². The summed E-state index contributed by atoms with van der Waals surface area (Å²) in [6.07, 6.45) is 4.81. The molecule has 0 aromatic heterocycles. The van der Waals surface area contributed by atoms with Gasteiger partial charge in [-0.25, -0.2) is 0 Å². The molecular weight excluding hydrogens is 262 g/mol. The number of amides is 1. The molecule has 1 saturated heterocycles. The van der Waals surface area contributed by atoms with Crippen molar-refractivity contribution in [2.24, 2.45) is 0 Å². The van der Waals surface area contributed by atoms with E-state index < -0.39 is 0 Å². The van der Waals surface area contributed by atoms with E-state index in [4.69, 9.17) is 4.74 Å². The molecule has 1 amide bonds. The highest BCUT2D eigenvalue weighted by Crippen LogP contribution is 2.16. The van der Waals surface area contributed by atoms with Gasteiger partial charge in [0.05, 0.1) is 18.8 Å². The van der Waals surface area contributed by atoms with Crippen molar-refractivity contribution in [2.45, 2.75) is 32.8 Å². The number of ether oxygens (including phenoxy) is 1. The Hall–Kier alpha value is -1.83. The quantitative estimate of drug-likeness (QED) is 0.437. The third-order valence-corrected chi connectivity index (χ3v) is 3.55. The van der Waals surface area contributed by atoms with Gasteiger partial charge in [0.25, 0.3) is 5.91 Å². The molecule has 0 bridgehead atoms. The van der Waals surface area contributed by atoms with Crippen LogP contribution in [0.25, 0.3) is 0 Å². The van der Waals surface area contributed by atoms with Crippen molar-refractivity contribution in [2.75, 3.05) is 19.7 Å². The Morgan fingerprint density at radius 1 is 1.33 bits per heavy atom. The van der Waals surface area contributed by atoms with E-state index in [1.807, 2.05) is 41.3 Å². The van der Waals surface area contributed by atoms with E-state index in [0.29, 0.717) is 13.2 Å². The molecule has 3 nitrogen and oxygen atoms in total. The Morgan fingerprint density at radius 2 is 2.14 bits per heavy atom. The molecule has 2 rings (SSSR count). The predicted molar refractivity (Wildman–Crippen MR) is 83.8 cm³/mol. The lowest BCUT2D eigenvalue weighted by molar-refractivity contribution is -0.124. The maximum absolute atomic E-state index is 12.1. The first kappa shape index (κ1) is 15.6. The zero-order valence-electron chi connectivity index (χ0n) is 12.7. The number of unbranched alkanes of at least 4 members (excludes halogenated alkanes) is 1. The second kappa shape index (κ2) is 8.46. The molecule has 0 spiro atoms. The van der Waals surface area contributed by atoms with Crippen molar-refractivity contribution in [3.63, 3.8) is 0 Å². The van der Waals surface area contributed by atoms with E-state index >= 15 is 0 Å². The molecule has 1 aliphatic heterocycles. The zero-order valence-corrected chi connectivity index (χ0v) is 12.7. The number of carbonyl (C=O) groups excluding carboxylic acids is 1. The third-order valence-electron chi connectivity index (χ3n) is 3.55. The number of benzene rings is 1. The highest BCUT2D eigenvalue weighted by Gasteiger charge is 2.24. The average Bonchev–Trinajstić information content (AvgIpc) is 2.86. The summed E-state index contributed by atoms with van der Waals surface area (Å²) in [6.45, 7) is 4.91. The summed E-state index contributed by atoms with van der Waals surface area (Å²) >= 11 is 0. The van der Waals surface area contributed by atoms with Gasteiger partial charge < -0.3 is 9.64 Å². The number of hydrogen-bond donors (Lipinski definition) is 0. The summed E-state index contributed by atoms with van der Waals surface area (Å²) in [4.78, 5) is 14.0. The van der Waals surface area contributed by atoms with Crippen LogP contribution in [0.5, 0.6) is 0 Å². The summed E-state index contributed by atoms with van der Waals surface area (Å²) in [5, 5.41) is 0. The van der Waals surface area contributed by atoms with E-state index in [2.05, 4.69) is 12.7 Å². The third kappa shape index (κ3) is 4.89. The van der Waals surface area contributed by atoms with E-state index in [1.54, 1.807) is 0 Å². The second-order valence-electron chi connectivity index (χ2n) is 5.22. The Balaban J connectivity index is 1.76. The van der Waals surface area contributed by atoms with E-state index in [9.17, 15) is 4.79 Å². The van der Waals surface area contributed by atoms with Gasteiger partial charge in [0.1, 0.15) is 0 Å². The highest BCUT2D eigenvalue weighted by atomic mass is 16.5. The van der Waals surface area contributed by atoms with Crippen LogP contribution in [0.15, 0.2) is 47.7 Å². The summed E-state index contributed by atoms with van der Waals surface area (Å²) in [6, 6.07) is 10.1. The molecule has 1 aliphatic rings. The first-order chi connectivity index (χ1) is 10.3. The molecule has 1 aromatic rings. The maximum Gasteiger partial charge on any atom is 0.257 e. The number of hydrogen-bond acceptors (Lipinski definition) is 2. The fraction of sp³-hybridized carbons (Fsp3) is 0.444. The van der Waals surface area contributed by atoms with Gasteiger partial charge in [-0.05, 0) is 18.1 Å². The fourth-order valence-corrected chi connectivity index (χ4v) is 2.32. The minimum absolute atomic E-state index is 0.141. The largest absolute Gasteiger partial charge is 0.372 e. The molecule has 0 unspecified atom stereocenters. The normalized spacial score (nSPS) is 14.4. The van der Waals surface area contributed by atoms with Crippen molar-refractivity contribution < 1.29 is 9.53 Å². The Morgan fingerprint density at radius 3 is 2.90 bits per heavy atom. The van der Waals surface area contributed by atoms with Gasteiger partial charge in [0.15, 0.2) is 0 Å². The van der Waals surface area contributed by atoms with E-state index in [-0.39, 0.29) is 5.91 Å². The van der Waals surface area contributed by atoms with Gasteiger partial charge in [0.2, 0.25) is 0 Å². The van der Waals surface area contributed by atoms with Crippen LogP contribution in [0, 0.1) is 0 Å². The lowest BCUT2D eigenvalue weighted by Crippen LogP contribution is -2.25. The molecule has 0 aliphatic carbocycles. The summed E-state index contributed by atoms with van der Waals surface area (Å²) in [5.74, 6) is 0.141. The van der Waals surface area contributed by atoms with Crippen LogP contribution in [0.4, 0.5) is 0 Å². The number of nitrogens with zero attached hydrogens (tertiary/aromatic N) is 1. The van der Waals surface area contributed by atoms with Crippen molar-refractivity contribution in [1.29, 1.82) is 0 Å². The second-order valence-corrected chi connectivity index (χ2v) is 5.22. The number of carbonyl (C=O) groups is 1. The van der Waals surface area contributed by atoms with Crippen molar-refractivity contribution >= 4 is 5.91 Å².